The normalized spacial score (nSPS) is 21.6. The van der Waals surface area contributed by atoms with Gasteiger partial charge in [0.05, 0.1) is 28.2 Å². The fourth-order valence-electron chi connectivity index (χ4n) is 3.70. The number of hydrogen-bond acceptors (Lipinski definition) is 6. The lowest BCUT2D eigenvalue weighted by Gasteiger charge is -2.30. The molecule has 0 bridgehead atoms. The Morgan fingerprint density at radius 2 is 1.93 bits per heavy atom. The van der Waals surface area contributed by atoms with Crippen LogP contribution in [0.15, 0.2) is 18.3 Å². The minimum Gasteiger partial charge on any atom is -0.365 e. The van der Waals surface area contributed by atoms with E-state index in [0.717, 1.165) is 50.3 Å². The fourth-order valence-corrected chi connectivity index (χ4v) is 4.02. The molecule has 2 atom stereocenters. The van der Waals surface area contributed by atoms with E-state index >= 15 is 0 Å². The van der Waals surface area contributed by atoms with Crippen molar-refractivity contribution in [2.75, 3.05) is 10.6 Å². The second kappa shape index (κ2) is 8.12. The maximum atomic E-state index is 14.6. The summed E-state index contributed by atoms with van der Waals surface area (Å²) in [6, 6.07) is 2.66. The number of halogens is 2. The predicted molar refractivity (Wildman–Crippen MR) is 111 cm³/mol. The first-order valence-electron chi connectivity index (χ1n) is 9.87. The summed E-state index contributed by atoms with van der Waals surface area (Å²) in [5, 5.41) is 6.64. The van der Waals surface area contributed by atoms with E-state index < -0.39 is 11.7 Å². The summed E-state index contributed by atoms with van der Waals surface area (Å²) in [6.45, 7) is 0. The van der Waals surface area contributed by atoms with Gasteiger partial charge in [0.2, 0.25) is 0 Å². The SMILES string of the molecule is NC(=O)c1cc(F)c(N[C@@H]2CCCC[C@@H]2N)nc1Nc1cnc(C2CC2)c(Cl)c1. The molecule has 0 spiro atoms. The Hall–Kier alpha value is -2.45. The summed E-state index contributed by atoms with van der Waals surface area (Å²) in [4.78, 5) is 20.5. The molecule has 2 heterocycles. The summed E-state index contributed by atoms with van der Waals surface area (Å²) >= 11 is 6.33. The summed E-state index contributed by atoms with van der Waals surface area (Å²) in [5.41, 5.74) is 12.9. The van der Waals surface area contributed by atoms with Crippen LogP contribution in [-0.4, -0.2) is 28.0 Å². The lowest BCUT2D eigenvalue weighted by atomic mass is 9.91. The number of pyridine rings is 2. The van der Waals surface area contributed by atoms with Crippen molar-refractivity contribution >= 4 is 34.8 Å². The number of hydrogen-bond donors (Lipinski definition) is 4. The Labute approximate surface area is 173 Å². The van der Waals surface area contributed by atoms with Crippen LogP contribution in [0.2, 0.25) is 5.02 Å². The topological polar surface area (TPSA) is 119 Å². The number of amides is 1. The number of rotatable bonds is 6. The van der Waals surface area contributed by atoms with Crippen molar-refractivity contribution in [3.05, 3.63) is 40.4 Å². The minimum atomic E-state index is -0.784. The van der Waals surface area contributed by atoms with Crippen LogP contribution in [0, 0.1) is 5.82 Å². The molecular formula is C20H24ClFN6O. The lowest BCUT2D eigenvalue weighted by Crippen LogP contribution is -2.43. The van der Waals surface area contributed by atoms with Gasteiger partial charge in [-0.25, -0.2) is 9.37 Å². The summed E-state index contributed by atoms with van der Waals surface area (Å²) in [6.07, 6.45) is 7.60. The van der Waals surface area contributed by atoms with E-state index in [4.69, 9.17) is 23.1 Å². The van der Waals surface area contributed by atoms with Gasteiger partial charge in [0.15, 0.2) is 11.6 Å². The van der Waals surface area contributed by atoms with Crippen molar-refractivity contribution < 1.29 is 9.18 Å². The van der Waals surface area contributed by atoms with Crippen LogP contribution in [0.4, 0.5) is 21.7 Å². The van der Waals surface area contributed by atoms with Gasteiger partial charge >= 0.3 is 0 Å². The molecule has 1 amide bonds. The first-order valence-corrected chi connectivity index (χ1v) is 10.2. The van der Waals surface area contributed by atoms with E-state index in [1.807, 2.05) is 0 Å². The van der Waals surface area contributed by atoms with Gasteiger partial charge in [-0.05, 0) is 37.8 Å². The maximum Gasteiger partial charge on any atom is 0.252 e. The summed E-state index contributed by atoms with van der Waals surface area (Å²) in [5.74, 6) is -0.843. The van der Waals surface area contributed by atoms with Gasteiger partial charge in [-0.2, -0.15) is 0 Å². The first-order chi connectivity index (χ1) is 13.9. The molecule has 2 aliphatic rings. The zero-order valence-electron chi connectivity index (χ0n) is 15.9. The highest BCUT2D eigenvalue weighted by Crippen LogP contribution is 2.42. The van der Waals surface area contributed by atoms with Crippen LogP contribution in [0.5, 0.6) is 0 Å². The molecule has 0 aliphatic heterocycles. The number of aromatic nitrogens is 2. The van der Waals surface area contributed by atoms with Crippen molar-refractivity contribution in [2.24, 2.45) is 11.5 Å². The maximum absolute atomic E-state index is 14.6. The van der Waals surface area contributed by atoms with Crippen LogP contribution < -0.4 is 22.1 Å². The molecule has 9 heteroatoms. The Bertz CT molecular complexity index is 935. The molecule has 2 saturated carbocycles. The third-order valence-electron chi connectivity index (χ3n) is 5.48. The van der Waals surface area contributed by atoms with Crippen LogP contribution in [-0.2, 0) is 0 Å². The highest BCUT2D eigenvalue weighted by atomic mass is 35.5. The van der Waals surface area contributed by atoms with Gasteiger partial charge < -0.3 is 22.1 Å². The predicted octanol–water partition coefficient (Wildman–Crippen LogP) is 3.67. The summed E-state index contributed by atoms with van der Waals surface area (Å²) < 4.78 is 14.6. The van der Waals surface area contributed by atoms with E-state index in [1.165, 1.54) is 0 Å². The Morgan fingerprint density at radius 1 is 1.17 bits per heavy atom. The number of carbonyl (C=O) groups is 1. The number of primary amides is 1. The Kier molecular flexibility index (Phi) is 5.56. The van der Waals surface area contributed by atoms with E-state index in [9.17, 15) is 9.18 Å². The van der Waals surface area contributed by atoms with Crippen molar-refractivity contribution in [2.45, 2.75) is 56.5 Å². The number of nitrogens with zero attached hydrogens (tertiary/aromatic N) is 2. The number of nitrogens with two attached hydrogens (primary N) is 2. The fraction of sp³-hybridized carbons (Fsp3) is 0.450. The van der Waals surface area contributed by atoms with Gasteiger partial charge in [0.1, 0.15) is 5.82 Å². The molecule has 2 fully saturated rings. The minimum absolute atomic E-state index is 0.0357. The van der Waals surface area contributed by atoms with E-state index in [2.05, 4.69) is 20.6 Å². The molecular weight excluding hydrogens is 395 g/mol. The van der Waals surface area contributed by atoms with Crippen molar-refractivity contribution in [3.63, 3.8) is 0 Å². The monoisotopic (exact) mass is 418 g/mol. The van der Waals surface area contributed by atoms with Gasteiger partial charge in [0.25, 0.3) is 5.91 Å². The first kappa shape index (κ1) is 19.8. The van der Waals surface area contributed by atoms with Crippen LogP contribution in [0.25, 0.3) is 0 Å². The number of anilines is 3. The highest BCUT2D eigenvalue weighted by Gasteiger charge is 2.28. The standard InChI is InChI=1S/C20H24ClFN6O/c21-13-7-11(9-25-17(13)10-5-6-10)26-19-12(18(24)29)8-14(22)20(28-19)27-16-4-2-1-3-15(16)23/h7-10,15-16H,1-6,23H2,(H2,24,29)(H2,26,27,28)/t15-,16+/m0/s1. The molecule has 2 aromatic heterocycles. The third kappa shape index (κ3) is 4.43. The van der Waals surface area contributed by atoms with Crippen molar-refractivity contribution in [1.82, 2.24) is 9.97 Å². The van der Waals surface area contributed by atoms with E-state index in [-0.39, 0.29) is 29.3 Å². The molecule has 2 aliphatic carbocycles. The lowest BCUT2D eigenvalue weighted by molar-refractivity contribution is 0.100. The van der Waals surface area contributed by atoms with Crippen molar-refractivity contribution in [3.8, 4) is 0 Å². The Balaban J connectivity index is 1.62. The van der Waals surface area contributed by atoms with Gasteiger partial charge in [-0.3, -0.25) is 9.78 Å². The molecule has 6 N–H and O–H groups in total. The molecule has 0 saturated heterocycles. The van der Waals surface area contributed by atoms with Gasteiger partial charge in [-0.15, -0.1) is 0 Å². The smallest absolute Gasteiger partial charge is 0.252 e. The molecule has 7 nitrogen and oxygen atoms in total. The quantitative estimate of drug-likeness (QED) is 0.568. The second-order valence-electron chi connectivity index (χ2n) is 7.77. The van der Waals surface area contributed by atoms with Crippen molar-refractivity contribution in [1.29, 1.82) is 0 Å². The molecule has 4 rings (SSSR count). The Morgan fingerprint density at radius 3 is 2.59 bits per heavy atom. The highest BCUT2D eigenvalue weighted by molar-refractivity contribution is 6.31. The molecule has 154 valence electrons. The largest absolute Gasteiger partial charge is 0.365 e. The van der Waals surface area contributed by atoms with E-state index in [0.29, 0.717) is 16.6 Å². The average Bonchev–Trinajstić information content (AvgIpc) is 3.51. The van der Waals surface area contributed by atoms with Gasteiger partial charge in [-0.1, -0.05) is 24.4 Å². The average molecular weight is 419 g/mol. The molecule has 2 aromatic rings. The van der Waals surface area contributed by atoms with E-state index in [1.54, 1.807) is 12.3 Å². The number of nitrogens with one attached hydrogen (secondary N) is 2. The zero-order valence-corrected chi connectivity index (χ0v) is 16.7. The van der Waals surface area contributed by atoms with Gasteiger partial charge in [0, 0.05) is 18.0 Å². The molecule has 29 heavy (non-hydrogen) atoms. The van der Waals surface area contributed by atoms with Crippen LogP contribution in [0.1, 0.15) is 60.5 Å². The number of carbonyl (C=O) groups excluding carboxylic acids is 1. The molecule has 0 aromatic carbocycles. The van der Waals surface area contributed by atoms with Crippen LogP contribution >= 0.6 is 11.6 Å². The zero-order chi connectivity index (χ0) is 20.5. The van der Waals surface area contributed by atoms with Crippen LogP contribution in [0.3, 0.4) is 0 Å². The second-order valence-corrected chi connectivity index (χ2v) is 8.18. The molecule has 0 radical (unpaired) electrons. The third-order valence-corrected chi connectivity index (χ3v) is 5.78. The molecule has 0 unspecified atom stereocenters. The summed E-state index contributed by atoms with van der Waals surface area (Å²) in [7, 11) is 0.